The lowest BCUT2D eigenvalue weighted by atomic mass is 9.32. The van der Waals surface area contributed by atoms with Crippen molar-refractivity contribution in [2.75, 3.05) is 19.8 Å². The molecule has 9 aliphatic rings. The van der Waals surface area contributed by atoms with Gasteiger partial charge in [0.1, 0.15) is 73.2 Å². The number of allylic oxidation sites excluding steroid dienone is 4. The number of hydrogen-bond donors (Lipinski definition) is 12. The predicted octanol–water partition coefficient (Wildman–Crippen LogP) is 1.38. The third-order valence-electron chi connectivity index (χ3n) is 24.3. The predicted molar refractivity (Wildman–Crippen MR) is 319 cm³/mol. The van der Waals surface area contributed by atoms with Gasteiger partial charge in [-0.3, -0.25) is 4.79 Å². The van der Waals surface area contributed by atoms with E-state index < -0.39 is 223 Å². The maximum Gasteiger partial charge on any atom is 0.335 e. The molecule has 10 unspecified atom stereocenters. The van der Waals surface area contributed by atoms with Gasteiger partial charge in [-0.2, -0.15) is 0 Å². The summed E-state index contributed by atoms with van der Waals surface area (Å²) in [5, 5.41) is 134. The van der Waals surface area contributed by atoms with Gasteiger partial charge >= 0.3 is 23.9 Å². The number of hydrogen-bond acceptors (Lipinski definition) is 25. The third kappa shape index (κ3) is 12.2. The number of carboxylic acid groups (broad SMARTS) is 1. The second-order valence-electron chi connectivity index (χ2n) is 29.8. The molecule has 0 radical (unpaired) electrons. The number of aliphatic carboxylic acids is 1. The second kappa shape index (κ2) is 27.0. The fourth-order valence-corrected chi connectivity index (χ4v) is 18.6. The average Bonchev–Trinajstić information content (AvgIpc) is 0.736. The Morgan fingerprint density at radius 2 is 1.17 bits per heavy atom. The molecule has 4 saturated carbocycles. The smallest absolute Gasteiger partial charge is 0.335 e. The molecule has 522 valence electrons. The first-order valence-corrected chi connectivity index (χ1v) is 32.6. The first-order chi connectivity index (χ1) is 43.0. The van der Waals surface area contributed by atoms with E-state index in [1.807, 2.05) is 27.7 Å². The van der Waals surface area contributed by atoms with Crippen LogP contribution in [0.3, 0.4) is 0 Å². The topological polar surface area (TPSA) is 403 Å². The number of fused-ring (bicyclic) bond motifs is 7. The highest BCUT2D eigenvalue weighted by Crippen LogP contribution is 2.76. The molecule has 0 aromatic heterocycles. The van der Waals surface area contributed by atoms with Crippen molar-refractivity contribution in [3.63, 3.8) is 0 Å². The number of ether oxygens (including phenoxy) is 10. The van der Waals surface area contributed by atoms with E-state index in [9.17, 15) is 80.5 Å². The maximum absolute atomic E-state index is 13.5. The van der Waals surface area contributed by atoms with Crippen molar-refractivity contribution in [3.05, 3.63) is 34.9 Å². The highest BCUT2D eigenvalue weighted by atomic mass is 16.8. The van der Waals surface area contributed by atoms with E-state index in [2.05, 4.69) is 26.8 Å². The van der Waals surface area contributed by atoms with Gasteiger partial charge in [-0.25, -0.2) is 14.4 Å². The highest BCUT2D eigenvalue weighted by molar-refractivity contribution is 5.88. The molecule has 4 saturated heterocycles. The molecule has 26 heteroatoms. The zero-order valence-corrected chi connectivity index (χ0v) is 55.1. The summed E-state index contributed by atoms with van der Waals surface area (Å²) in [6, 6.07) is 0. The molecule has 0 aromatic rings. The number of carboxylic acids is 1. The Balaban J connectivity index is 1.01. The van der Waals surface area contributed by atoms with E-state index in [4.69, 9.17) is 47.4 Å². The summed E-state index contributed by atoms with van der Waals surface area (Å²) in [7, 11) is 0. The van der Waals surface area contributed by atoms with Crippen molar-refractivity contribution in [1.82, 2.24) is 0 Å². The molecule has 4 heterocycles. The van der Waals surface area contributed by atoms with Gasteiger partial charge in [0.2, 0.25) is 0 Å². The summed E-state index contributed by atoms with van der Waals surface area (Å²) in [4.78, 5) is 53.2. The fraction of sp³-hybridized carbons (Fsp3) is 0.848. The molecule has 4 aliphatic heterocycles. The molecule has 0 bridgehead atoms. The number of esters is 3. The average molecular weight is 1310 g/mol. The van der Waals surface area contributed by atoms with Crippen LogP contribution in [-0.4, -0.2) is 240 Å². The van der Waals surface area contributed by atoms with Crippen LogP contribution in [0.5, 0.6) is 0 Å². The van der Waals surface area contributed by atoms with Crippen LogP contribution in [0.4, 0.5) is 0 Å². The summed E-state index contributed by atoms with van der Waals surface area (Å²) >= 11 is 0. The number of aliphatic hydroxyl groups excluding tert-OH is 11. The Hall–Kier alpha value is -3.62. The molecule has 30 atom stereocenters. The molecule has 9 rings (SSSR count). The Morgan fingerprint density at radius 1 is 0.609 bits per heavy atom. The van der Waals surface area contributed by atoms with Crippen molar-refractivity contribution in [1.29, 1.82) is 0 Å². The molecule has 92 heavy (non-hydrogen) atoms. The number of rotatable bonds is 17. The van der Waals surface area contributed by atoms with Crippen LogP contribution in [0.2, 0.25) is 0 Å². The summed E-state index contributed by atoms with van der Waals surface area (Å²) in [6.45, 7) is 22.2. The Labute approximate surface area is 537 Å². The molecule has 8 fully saturated rings. The fourth-order valence-electron chi connectivity index (χ4n) is 18.6. The van der Waals surface area contributed by atoms with Crippen LogP contribution in [0.15, 0.2) is 34.9 Å². The zero-order chi connectivity index (χ0) is 68.0. The van der Waals surface area contributed by atoms with Crippen LogP contribution < -0.4 is 0 Å². The summed E-state index contributed by atoms with van der Waals surface area (Å²) in [6.07, 6.45) is -25.8. The van der Waals surface area contributed by atoms with Gasteiger partial charge in [0, 0.05) is 24.0 Å². The van der Waals surface area contributed by atoms with Crippen molar-refractivity contribution < 1.29 is 128 Å². The minimum absolute atomic E-state index is 0.0187. The maximum atomic E-state index is 13.5. The normalized spacial score (nSPS) is 48.4. The van der Waals surface area contributed by atoms with E-state index in [0.29, 0.717) is 44.1 Å². The largest absolute Gasteiger partial charge is 0.479 e. The van der Waals surface area contributed by atoms with Crippen LogP contribution in [0.25, 0.3) is 0 Å². The van der Waals surface area contributed by atoms with E-state index in [0.717, 1.165) is 5.57 Å². The Morgan fingerprint density at radius 3 is 1.73 bits per heavy atom. The van der Waals surface area contributed by atoms with Crippen LogP contribution in [0, 0.1) is 56.2 Å². The third-order valence-corrected chi connectivity index (χ3v) is 24.3. The molecular weight excluding hydrogens is 1210 g/mol. The molecular formula is C66H102O26. The van der Waals surface area contributed by atoms with E-state index in [1.165, 1.54) is 6.92 Å². The SMILES string of the molecule is C/C=C(/C)C(=O)O[C@@H]1C(O)[C@H](C[C@H]2[C@H](OC(C)=O)[C@@]3(CO)C(CC2(C)C)C2=CCC4[C@@]5(C)CC[C@H](O[C@@H]6OC(C(=O)O)[C@@H](O)[C@@H](O[C@@H]7O[C@@H](CO)C(O)[C@@H]7O)C6O[C@@H]6OC(CO)[C@H](O)[C@@H](O)C6O)C(C)(C)C5CC[C@@]4(C)[C@]2(C)C[C@H]3O)OC(C)[C@@H]1OC(=O)/C(C)=C\C. The molecule has 0 amide bonds. The lowest BCUT2D eigenvalue weighted by Crippen LogP contribution is -2.71. The van der Waals surface area contributed by atoms with Gasteiger partial charge in [0.25, 0.3) is 0 Å². The first kappa shape index (κ1) is 72.6. The van der Waals surface area contributed by atoms with Crippen molar-refractivity contribution in [3.8, 4) is 0 Å². The molecule has 5 aliphatic carbocycles. The standard InChI is InChI=1S/C66H102O26/c1-14-28(3)56(81)88-49-30(5)83-35(44(74)50(49)89-57(82)29(4)15-2)22-33-54(84-31(6)70)66(27-69)34(23-61(33,7)8)32-16-17-39-63(11)20-19-41(62(9,10)38(63)18-21-64(39,12)65(32,13)24-40(66)71)87-60-53(92-59-47(77)45(75)42(72)36(25-67)85-59)51(48(78)52(91-60)55(79)80)90-58-46(76)43(73)37(26-68)86-58/h14-16,30,33-54,58-60,67-69,71-78H,17-27H2,1-13H3,(H,79,80)/b28-14-,29-15-/t30?,33-,34?,35-,36?,37-,38?,39?,40+,41-,42-,43?,44?,45+,46-,47?,48-,49-,50+,51+,52?,53?,54-,58-,59-,60+,63-,64+,65+,66-/m0/s1. The second-order valence-corrected chi connectivity index (χ2v) is 29.8. The minimum atomic E-state index is -2.13. The van der Waals surface area contributed by atoms with Crippen LogP contribution in [-0.2, 0) is 66.5 Å². The van der Waals surface area contributed by atoms with Gasteiger partial charge in [-0.1, -0.05) is 72.3 Å². The lowest BCUT2D eigenvalue weighted by Gasteiger charge is -2.73. The van der Waals surface area contributed by atoms with E-state index >= 15 is 0 Å². The van der Waals surface area contributed by atoms with Gasteiger partial charge in [0.15, 0.2) is 37.2 Å². The monoisotopic (exact) mass is 1310 g/mol. The van der Waals surface area contributed by atoms with Crippen molar-refractivity contribution >= 4 is 23.9 Å². The Bertz CT molecular complexity index is 2790. The summed E-state index contributed by atoms with van der Waals surface area (Å²) in [5.74, 6) is -5.02. The number of carbonyl (C=O) groups is 4. The van der Waals surface area contributed by atoms with Gasteiger partial charge < -0.3 is 109 Å². The quantitative estimate of drug-likeness (QED) is 0.0322. The minimum Gasteiger partial charge on any atom is -0.479 e. The Kier molecular flexibility index (Phi) is 21.3. The van der Waals surface area contributed by atoms with E-state index in [-0.39, 0.29) is 30.3 Å². The molecule has 12 N–H and O–H groups in total. The lowest BCUT2D eigenvalue weighted by molar-refractivity contribution is -0.386. The van der Waals surface area contributed by atoms with Gasteiger partial charge in [-0.15, -0.1) is 0 Å². The van der Waals surface area contributed by atoms with Gasteiger partial charge in [0.05, 0.1) is 49.7 Å². The van der Waals surface area contributed by atoms with Crippen LogP contribution >= 0.6 is 0 Å². The number of aliphatic hydroxyl groups is 11. The first-order valence-electron chi connectivity index (χ1n) is 32.6. The van der Waals surface area contributed by atoms with Crippen molar-refractivity contribution in [2.24, 2.45) is 56.2 Å². The highest BCUT2D eigenvalue weighted by Gasteiger charge is 2.74. The van der Waals surface area contributed by atoms with Gasteiger partial charge in [-0.05, 0) is 131 Å². The summed E-state index contributed by atoms with van der Waals surface area (Å²) in [5.41, 5.74) is -2.97. The molecule has 0 aromatic carbocycles. The zero-order valence-electron chi connectivity index (χ0n) is 55.1. The van der Waals surface area contributed by atoms with Crippen LogP contribution in [0.1, 0.15) is 141 Å². The molecule has 0 spiro atoms. The van der Waals surface area contributed by atoms with E-state index in [1.54, 1.807) is 46.8 Å². The molecule has 26 nitrogen and oxygen atoms in total. The van der Waals surface area contributed by atoms with Crippen molar-refractivity contribution in [2.45, 2.75) is 276 Å². The number of carbonyl (C=O) groups excluding carboxylic acids is 3. The summed E-state index contributed by atoms with van der Waals surface area (Å²) < 4.78 is 61.5.